The first-order chi connectivity index (χ1) is 17.9. The lowest BCUT2D eigenvalue weighted by molar-refractivity contribution is -0.173. The highest BCUT2D eigenvalue weighted by molar-refractivity contribution is 9.39. The Hall–Kier alpha value is -0.780. The smallest absolute Gasteiger partial charge is 0.442 e. The zero-order valence-electron chi connectivity index (χ0n) is 19.3. The van der Waals surface area contributed by atoms with E-state index < -0.39 is 55.1 Å². The van der Waals surface area contributed by atoms with E-state index in [2.05, 4.69) is 53.1 Å². The molecule has 19 heteroatoms. The van der Waals surface area contributed by atoms with Crippen LogP contribution in [-0.4, -0.2) is 86.2 Å². The summed E-state index contributed by atoms with van der Waals surface area (Å²) in [4.78, 5) is 39.7. The largest absolute Gasteiger partial charge is 0.471 e. The monoisotopic (exact) mass is 811 g/mol. The number of benzene rings is 1. The van der Waals surface area contributed by atoms with E-state index in [1.165, 1.54) is 9.80 Å². The molecule has 2 aliphatic heterocycles. The number of carbonyl (C=O) groups is 3. The number of cyclic esters (lactones) is 1. The number of alkyl halides is 10. The van der Waals surface area contributed by atoms with Crippen molar-refractivity contribution in [1.82, 2.24) is 15.5 Å². The highest BCUT2D eigenvalue weighted by Gasteiger charge is 2.45. The van der Waals surface area contributed by atoms with E-state index in [4.69, 9.17) is 39.5 Å². The summed E-state index contributed by atoms with van der Waals surface area (Å²) in [6, 6.07) is 6.46. The minimum Gasteiger partial charge on any atom is -0.442 e. The van der Waals surface area contributed by atoms with E-state index in [0.717, 1.165) is 0 Å². The number of anilines is 2. The van der Waals surface area contributed by atoms with E-state index in [1.54, 1.807) is 34.5 Å². The number of nitrogens with one attached hydrogen (secondary N) is 2. The molecule has 218 valence electrons. The first kappa shape index (κ1) is 32.7. The number of hydrogen-bond acceptors (Lipinski definition) is 6. The van der Waals surface area contributed by atoms with E-state index in [0.29, 0.717) is 17.9 Å². The molecule has 39 heavy (non-hydrogen) atoms. The van der Waals surface area contributed by atoms with Crippen molar-refractivity contribution in [3.63, 3.8) is 0 Å². The fourth-order valence-corrected chi connectivity index (χ4v) is 5.12. The van der Waals surface area contributed by atoms with Crippen molar-refractivity contribution >= 4 is 112 Å². The van der Waals surface area contributed by atoms with Gasteiger partial charge in [-0.2, -0.15) is 13.2 Å². The van der Waals surface area contributed by atoms with Gasteiger partial charge in [0.05, 0.1) is 19.6 Å². The molecule has 2 heterocycles. The standard InChI is InChI=1S/C20H19Br3Cl3F4N5O4/c21-18(22,23)14(32-15(36)19(24,25)26)34-6-5-33(9-13(34)27)10-1-3-11(4-2-10)35-8-12(39-17(35)38)7-31-16(37)20(28,29)30/h1-4,12-14H,5-9H2,(H,31,37)(H,32,36). The molecular weight excluding hydrogens is 796 g/mol. The minimum absolute atomic E-state index is 0.0732. The highest BCUT2D eigenvalue weighted by Crippen LogP contribution is 2.41. The van der Waals surface area contributed by atoms with Crippen molar-refractivity contribution in [2.24, 2.45) is 0 Å². The number of halogens is 10. The molecule has 0 radical (unpaired) electrons. The maximum absolute atomic E-state index is 15.3. The van der Waals surface area contributed by atoms with Crippen molar-refractivity contribution in [3.8, 4) is 0 Å². The Morgan fingerprint density at radius 2 is 1.62 bits per heavy atom. The number of ether oxygens (including phenoxy) is 1. The van der Waals surface area contributed by atoms with Gasteiger partial charge in [-0.3, -0.25) is 14.5 Å². The molecule has 1 aromatic carbocycles. The van der Waals surface area contributed by atoms with Crippen LogP contribution in [0.3, 0.4) is 0 Å². The molecule has 3 atom stereocenters. The SMILES string of the molecule is O=C1OC(CNC(=O)C(F)(F)F)CN1c1ccc(N2CCN(C(NC(=O)C(Cl)(Cl)Cl)C(Br)(Br)Br)C(F)C2)cc1. The Balaban J connectivity index is 1.61. The number of nitrogens with zero attached hydrogens (tertiary/aromatic N) is 3. The summed E-state index contributed by atoms with van der Waals surface area (Å²) >= 11 is 26.8. The lowest BCUT2D eigenvalue weighted by Crippen LogP contribution is -2.64. The third-order valence-electron chi connectivity index (χ3n) is 5.67. The molecule has 0 aliphatic carbocycles. The van der Waals surface area contributed by atoms with Crippen LogP contribution in [0, 0.1) is 0 Å². The molecule has 9 nitrogen and oxygen atoms in total. The van der Waals surface area contributed by atoms with Crippen LogP contribution in [0.25, 0.3) is 0 Å². The van der Waals surface area contributed by atoms with Crippen LogP contribution in [-0.2, 0) is 14.3 Å². The molecule has 2 aliphatic rings. The van der Waals surface area contributed by atoms with Gasteiger partial charge in [-0.05, 0) is 24.3 Å². The van der Waals surface area contributed by atoms with Gasteiger partial charge in [0.2, 0.25) is 0 Å². The zero-order valence-corrected chi connectivity index (χ0v) is 26.4. The van der Waals surface area contributed by atoms with Crippen LogP contribution in [0.4, 0.5) is 33.7 Å². The molecule has 0 aromatic heterocycles. The third-order valence-corrected chi connectivity index (χ3v) is 7.49. The van der Waals surface area contributed by atoms with Gasteiger partial charge in [0.25, 0.3) is 9.70 Å². The molecule has 0 bridgehead atoms. The topological polar surface area (TPSA) is 94.2 Å². The Morgan fingerprint density at radius 1 is 1.03 bits per heavy atom. The van der Waals surface area contributed by atoms with Crippen LogP contribution in [0.1, 0.15) is 0 Å². The summed E-state index contributed by atoms with van der Waals surface area (Å²) in [6.07, 6.45) is -9.36. The predicted molar refractivity (Wildman–Crippen MR) is 149 cm³/mol. The first-order valence-corrected chi connectivity index (χ1v) is 14.4. The van der Waals surface area contributed by atoms with Gasteiger partial charge in [0, 0.05) is 24.5 Å². The second-order valence-corrected chi connectivity index (χ2v) is 17.6. The van der Waals surface area contributed by atoms with Gasteiger partial charge in [0.15, 0.2) is 8.44 Å². The highest BCUT2D eigenvalue weighted by atomic mass is 80.0. The summed E-state index contributed by atoms with van der Waals surface area (Å²) in [6.45, 7) is -0.161. The number of hydrogen-bond donors (Lipinski definition) is 2. The van der Waals surface area contributed by atoms with Crippen molar-refractivity contribution < 1.29 is 36.7 Å². The molecule has 3 rings (SSSR count). The maximum Gasteiger partial charge on any atom is 0.471 e. The number of rotatable bonds is 6. The van der Waals surface area contributed by atoms with E-state index in [-0.39, 0.29) is 19.6 Å². The first-order valence-electron chi connectivity index (χ1n) is 10.9. The number of piperazine rings is 1. The van der Waals surface area contributed by atoms with Crippen molar-refractivity contribution in [1.29, 1.82) is 0 Å². The molecule has 0 saturated carbocycles. The molecule has 0 spiro atoms. The van der Waals surface area contributed by atoms with Crippen LogP contribution >= 0.6 is 82.6 Å². The Kier molecular flexibility index (Phi) is 10.6. The Morgan fingerprint density at radius 3 is 2.13 bits per heavy atom. The fraction of sp³-hybridized carbons (Fsp3) is 0.550. The second kappa shape index (κ2) is 12.6. The van der Waals surface area contributed by atoms with Crippen LogP contribution in [0.2, 0.25) is 0 Å². The molecule has 3 unspecified atom stereocenters. The van der Waals surface area contributed by atoms with E-state index in [1.807, 2.05) is 0 Å². The third kappa shape index (κ3) is 8.61. The van der Waals surface area contributed by atoms with Gasteiger partial charge in [0.1, 0.15) is 12.3 Å². The summed E-state index contributed by atoms with van der Waals surface area (Å²) in [5.41, 5.74) is 1.04. The van der Waals surface area contributed by atoms with Gasteiger partial charge in [-0.25, -0.2) is 14.1 Å². The quantitative estimate of drug-likeness (QED) is 0.245. The van der Waals surface area contributed by atoms with E-state index in [9.17, 15) is 27.6 Å². The fourth-order valence-electron chi connectivity index (χ4n) is 3.83. The predicted octanol–water partition coefficient (Wildman–Crippen LogP) is 4.76. The average molecular weight is 815 g/mol. The van der Waals surface area contributed by atoms with Crippen LogP contribution in [0.5, 0.6) is 0 Å². The van der Waals surface area contributed by atoms with Crippen molar-refractivity contribution in [2.75, 3.05) is 42.5 Å². The maximum atomic E-state index is 15.3. The van der Waals surface area contributed by atoms with Crippen LogP contribution in [0.15, 0.2) is 24.3 Å². The molecule has 1 aromatic rings. The average Bonchev–Trinajstić information content (AvgIpc) is 3.19. The van der Waals surface area contributed by atoms with Crippen molar-refractivity contribution in [3.05, 3.63) is 24.3 Å². The number of amides is 3. The summed E-state index contributed by atoms with van der Waals surface area (Å²) in [5.74, 6) is -3.07. The Bertz CT molecular complexity index is 1080. The molecular formula is C20H19Br3Cl3F4N5O4. The minimum atomic E-state index is -5.04. The van der Waals surface area contributed by atoms with Gasteiger partial charge in [-0.15, -0.1) is 0 Å². The molecule has 2 saturated heterocycles. The molecule has 2 fully saturated rings. The lowest BCUT2D eigenvalue weighted by Gasteiger charge is -2.45. The summed E-state index contributed by atoms with van der Waals surface area (Å²) in [5, 5.41) is 4.17. The van der Waals surface area contributed by atoms with Crippen molar-refractivity contribution in [2.45, 2.75) is 30.7 Å². The summed E-state index contributed by atoms with van der Waals surface area (Å²) in [7, 11) is 0. The van der Waals surface area contributed by atoms with E-state index >= 15 is 4.39 Å². The Labute approximate surface area is 260 Å². The second-order valence-electron chi connectivity index (χ2n) is 8.37. The summed E-state index contributed by atoms with van der Waals surface area (Å²) < 4.78 is 54.1. The lowest BCUT2D eigenvalue weighted by atomic mass is 10.2. The zero-order chi connectivity index (χ0) is 29.3. The van der Waals surface area contributed by atoms with Gasteiger partial charge in [-0.1, -0.05) is 82.6 Å². The molecule has 3 amide bonds. The number of carbonyl (C=O) groups excluding carboxylic acids is 3. The normalized spacial score (nSPS) is 21.9. The molecule has 2 N–H and O–H groups in total. The van der Waals surface area contributed by atoms with Crippen LogP contribution < -0.4 is 20.4 Å². The van der Waals surface area contributed by atoms with Gasteiger partial charge >= 0.3 is 18.2 Å². The van der Waals surface area contributed by atoms with Gasteiger partial charge < -0.3 is 20.3 Å².